The maximum Gasteiger partial charge on any atom is 0.0541 e. The van der Waals surface area contributed by atoms with Gasteiger partial charge in [-0.1, -0.05) is 178 Å². The van der Waals surface area contributed by atoms with Crippen molar-refractivity contribution < 1.29 is 0 Å². The third kappa shape index (κ3) is 5.51. The van der Waals surface area contributed by atoms with E-state index in [2.05, 4.69) is 254 Å². The number of para-hydroxylation sites is 2. The van der Waals surface area contributed by atoms with Crippen molar-refractivity contribution in [3.8, 4) is 50.2 Å². The Morgan fingerprint density at radius 2 is 0.791 bits per heavy atom. The molecule has 0 aliphatic heterocycles. The summed E-state index contributed by atoms with van der Waals surface area (Å²) < 4.78 is 2.38. The second kappa shape index (κ2) is 14.3. The molecule has 0 spiro atoms. The Balaban J connectivity index is 0.946. The minimum Gasteiger partial charge on any atom is -0.310 e. The van der Waals surface area contributed by atoms with E-state index in [1.54, 1.807) is 0 Å². The number of benzene rings is 10. The highest BCUT2D eigenvalue weighted by molar-refractivity contribution is 6.19. The van der Waals surface area contributed by atoms with Gasteiger partial charge in [0, 0.05) is 38.9 Å². The number of nitrogens with zero attached hydrogens (tertiary/aromatic N) is 2. The Hall–Kier alpha value is -8.46. The highest BCUT2D eigenvalue weighted by atomic mass is 15.1. The van der Waals surface area contributed by atoms with E-state index in [4.69, 9.17) is 0 Å². The molecule has 11 aromatic rings. The number of aromatic nitrogens is 1. The van der Waals surface area contributed by atoms with Crippen LogP contribution in [0.1, 0.15) is 47.2 Å². The summed E-state index contributed by atoms with van der Waals surface area (Å²) in [5, 5.41) is 2.51. The molecule has 67 heavy (non-hydrogen) atoms. The fourth-order valence-electron chi connectivity index (χ4n) is 11.8. The predicted octanol–water partition coefficient (Wildman–Crippen LogP) is 17.2. The lowest BCUT2D eigenvalue weighted by Gasteiger charge is -2.29. The normalized spacial score (nSPS) is 13.6. The van der Waals surface area contributed by atoms with Crippen molar-refractivity contribution in [1.82, 2.24) is 4.57 Å². The smallest absolute Gasteiger partial charge is 0.0541 e. The topological polar surface area (TPSA) is 8.17 Å². The SMILES string of the molecule is CC1(C)c2ccccc2-c2ccc(N(c3ccc(-c4ccc5c(c4)c4ccccc4n5-c4ccccc4)cc3)c3ccc4c(c3)C(=C3c5ccccc5-c5ccccc53)c3ccccc3-4)cc21. The highest BCUT2D eigenvalue weighted by Gasteiger charge is 2.37. The lowest BCUT2D eigenvalue weighted by molar-refractivity contribution is 0.660. The van der Waals surface area contributed by atoms with Gasteiger partial charge < -0.3 is 9.47 Å². The number of rotatable bonds is 5. The van der Waals surface area contributed by atoms with Crippen LogP contribution in [0.25, 0.3) is 83.1 Å². The second-order valence-corrected chi connectivity index (χ2v) is 18.8. The van der Waals surface area contributed by atoms with Crippen LogP contribution in [0.4, 0.5) is 17.1 Å². The monoisotopic (exact) mass is 852 g/mol. The van der Waals surface area contributed by atoms with E-state index < -0.39 is 0 Å². The molecule has 0 amide bonds. The standard InChI is InChI=1S/C65H44N2/c1-65(2)59-26-14-12-21-51(59)52-36-34-46(40-60(52)65)66(44-31-28-41(29-32-44)42-30-37-62-57(38-42)53-22-13-15-27-61(53)67(62)43-16-4-3-5-17-43)45-33-35-50-49-20-8-11-25-56(49)64(58(50)39-45)63-54-23-9-6-18-47(54)48-19-7-10-24-55(48)63/h3-40H,1-2H3. The molecule has 0 bridgehead atoms. The van der Waals surface area contributed by atoms with E-state index in [9.17, 15) is 0 Å². The van der Waals surface area contributed by atoms with Crippen molar-refractivity contribution in [3.63, 3.8) is 0 Å². The van der Waals surface area contributed by atoms with Gasteiger partial charge >= 0.3 is 0 Å². The molecule has 1 aromatic heterocycles. The molecule has 0 unspecified atom stereocenters. The summed E-state index contributed by atoms with van der Waals surface area (Å²) >= 11 is 0. The van der Waals surface area contributed by atoms with Crippen LogP contribution in [-0.2, 0) is 5.41 Å². The minimum absolute atomic E-state index is 0.139. The molecule has 10 aromatic carbocycles. The highest BCUT2D eigenvalue weighted by Crippen LogP contribution is 2.56. The third-order valence-electron chi connectivity index (χ3n) is 14.9. The lowest BCUT2D eigenvalue weighted by Crippen LogP contribution is -2.16. The predicted molar refractivity (Wildman–Crippen MR) is 281 cm³/mol. The molecule has 1 heterocycles. The Kier molecular flexibility index (Phi) is 8.06. The summed E-state index contributed by atoms with van der Waals surface area (Å²) in [4.78, 5) is 2.47. The van der Waals surface area contributed by atoms with Crippen molar-refractivity contribution in [2.75, 3.05) is 4.90 Å². The summed E-state index contributed by atoms with van der Waals surface area (Å²) in [6.07, 6.45) is 0. The average molecular weight is 853 g/mol. The van der Waals surface area contributed by atoms with Gasteiger partial charge in [-0.25, -0.2) is 0 Å². The number of fused-ring (bicyclic) bond motifs is 12. The molecule has 3 aliphatic carbocycles. The van der Waals surface area contributed by atoms with E-state index in [0.717, 1.165) is 17.1 Å². The zero-order chi connectivity index (χ0) is 44.4. The van der Waals surface area contributed by atoms with Crippen LogP contribution in [0.15, 0.2) is 231 Å². The fraction of sp³-hybridized carbons (Fsp3) is 0.0462. The Morgan fingerprint density at radius 1 is 0.313 bits per heavy atom. The maximum atomic E-state index is 2.47. The van der Waals surface area contributed by atoms with Crippen molar-refractivity contribution in [2.24, 2.45) is 0 Å². The van der Waals surface area contributed by atoms with Gasteiger partial charge in [0.15, 0.2) is 0 Å². The van der Waals surface area contributed by atoms with Gasteiger partial charge in [0.2, 0.25) is 0 Å². The van der Waals surface area contributed by atoms with Crippen molar-refractivity contribution in [3.05, 3.63) is 264 Å². The van der Waals surface area contributed by atoms with E-state index >= 15 is 0 Å². The van der Waals surface area contributed by atoms with Crippen LogP contribution in [0.3, 0.4) is 0 Å². The number of hydrogen-bond donors (Lipinski definition) is 0. The largest absolute Gasteiger partial charge is 0.310 e. The third-order valence-corrected chi connectivity index (χ3v) is 14.9. The molecule has 14 rings (SSSR count). The van der Waals surface area contributed by atoms with Gasteiger partial charge in [-0.15, -0.1) is 0 Å². The quantitative estimate of drug-likeness (QED) is 0.167. The van der Waals surface area contributed by atoms with E-state index in [-0.39, 0.29) is 5.41 Å². The molecule has 2 nitrogen and oxygen atoms in total. The summed E-state index contributed by atoms with van der Waals surface area (Å²) in [7, 11) is 0. The number of hydrogen-bond acceptors (Lipinski definition) is 1. The zero-order valence-electron chi connectivity index (χ0n) is 37.3. The van der Waals surface area contributed by atoms with Crippen LogP contribution in [0.5, 0.6) is 0 Å². The Morgan fingerprint density at radius 3 is 1.48 bits per heavy atom. The Labute approximate surface area is 391 Å². The van der Waals surface area contributed by atoms with Crippen molar-refractivity contribution in [2.45, 2.75) is 19.3 Å². The molecule has 2 heteroatoms. The summed E-state index contributed by atoms with van der Waals surface area (Å²) in [5.41, 5.74) is 27.5. The van der Waals surface area contributed by atoms with Gasteiger partial charge in [-0.2, -0.15) is 0 Å². The molecule has 314 valence electrons. The average Bonchev–Trinajstić information content (AvgIpc) is 4.07. The molecular formula is C65H44N2. The van der Waals surface area contributed by atoms with E-state index in [1.165, 1.54) is 117 Å². The van der Waals surface area contributed by atoms with Gasteiger partial charge in [-0.05, 0) is 156 Å². The van der Waals surface area contributed by atoms with Crippen molar-refractivity contribution in [1.29, 1.82) is 0 Å². The van der Waals surface area contributed by atoms with Gasteiger partial charge in [-0.3, -0.25) is 0 Å². The van der Waals surface area contributed by atoms with Crippen LogP contribution in [0, 0.1) is 0 Å². The van der Waals surface area contributed by atoms with Crippen LogP contribution in [0.2, 0.25) is 0 Å². The van der Waals surface area contributed by atoms with Gasteiger partial charge in [0.1, 0.15) is 0 Å². The van der Waals surface area contributed by atoms with E-state index in [1.807, 2.05) is 0 Å². The van der Waals surface area contributed by atoms with Gasteiger partial charge in [0.25, 0.3) is 0 Å². The van der Waals surface area contributed by atoms with Crippen LogP contribution < -0.4 is 4.90 Å². The molecule has 0 N–H and O–H groups in total. The molecular weight excluding hydrogens is 809 g/mol. The summed E-state index contributed by atoms with van der Waals surface area (Å²) in [5.74, 6) is 0. The molecule has 0 radical (unpaired) electrons. The molecule has 0 atom stereocenters. The van der Waals surface area contributed by atoms with Crippen molar-refractivity contribution >= 4 is 50.0 Å². The summed E-state index contributed by atoms with van der Waals surface area (Å²) in [6.45, 7) is 4.74. The maximum absolute atomic E-state index is 2.47. The molecule has 0 saturated heterocycles. The Bertz CT molecular complexity index is 3830. The lowest BCUT2D eigenvalue weighted by atomic mass is 9.82. The van der Waals surface area contributed by atoms with Crippen LogP contribution >= 0.6 is 0 Å². The minimum atomic E-state index is -0.139. The second-order valence-electron chi connectivity index (χ2n) is 18.8. The fourth-order valence-corrected chi connectivity index (χ4v) is 11.8. The molecule has 0 fully saturated rings. The first kappa shape index (κ1) is 37.9. The number of anilines is 3. The first-order chi connectivity index (χ1) is 33.0. The molecule has 3 aliphatic rings. The van der Waals surface area contributed by atoms with E-state index in [0.29, 0.717) is 0 Å². The first-order valence-electron chi connectivity index (χ1n) is 23.4. The first-order valence-corrected chi connectivity index (χ1v) is 23.4. The zero-order valence-corrected chi connectivity index (χ0v) is 37.3. The molecule has 0 saturated carbocycles. The van der Waals surface area contributed by atoms with Crippen LogP contribution in [-0.4, -0.2) is 4.57 Å². The van der Waals surface area contributed by atoms with Gasteiger partial charge in [0.05, 0.1) is 11.0 Å². The summed E-state index contributed by atoms with van der Waals surface area (Å²) in [6, 6.07) is 85.7.